The van der Waals surface area contributed by atoms with Gasteiger partial charge in [-0.1, -0.05) is 141 Å². The minimum Gasteiger partial charge on any atom is -0.310 e. The van der Waals surface area contributed by atoms with Crippen molar-refractivity contribution in [2.75, 3.05) is 4.90 Å². The van der Waals surface area contributed by atoms with Crippen molar-refractivity contribution in [1.82, 2.24) is 4.57 Å². The number of rotatable bonds is 6. The van der Waals surface area contributed by atoms with Crippen molar-refractivity contribution in [3.8, 4) is 39.1 Å². The van der Waals surface area contributed by atoms with E-state index in [0.717, 1.165) is 22.7 Å². The normalized spacial score (nSPS) is 12.9. The van der Waals surface area contributed by atoms with Gasteiger partial charge in [-0.2, -0.15) is 0 Å². The first kappa shape index (κ1) is 31.1. The van der Waals surface area contributed by atoms with E-state index in [-0.39, 0.29) is 5.41 Å². The Labute approximate surface area is 310 Å². The Kier molecular flexibility index (Phi) is 7.19. The van der Waals surface area contributed by atoms with Crippen LogP contribution in [0.15, 0.2) is 194 Å². The Morgan fingerprint density at radius 2 is 0.962 bits per heavy atom. The number of hydrogen-bond acceptors (Lipinski definition) is 1. The highest BCUT2D eigenvalue weighted by Gasteiger charge is 2.35. The van der Waals surface area contributed by atoms with Crippen molar-refractivity contribution >= 4 is 38.9 Å². The molecule has 53 heavy (non-hydrogen) atoms. The van der Waals surface area contributed by atoms with Crippen molar-refractivity contribution in [3.63, 3.8) is 0 Å². The lowest BCUT2D eigenvalue weighted by atomic mass is 9.81. The number of hydrogen-bond donors (Lipinski definition) is 0. The summed E-state index contributed by atoms with van der Waals surface area (Å²) in [6.45, 7) is 4.69. The fourth-order valence-corrected chi connectivity index (χ4v) is 8.54. The molecule has 2 heteroatoms. The van der Waals surface area contributed by atoms with Gasteiger partial charge in [0.15, 0.2) is 0 Å². The summed E-state index contributed by atoms with van der Waals surface area (Å²) in [5.41, 5.74) is 17.2. The van der Waals surface area contributed by atoms with Gasteiger partial charge in [-0.05, 0) is 111 Å². The van der Waals surface area contributed by atoms with Crippen molar-refractivity contribution in [2.45, 2.75) is 19.3 Å². The van der Waals surface area contributed by atoms with Gasteiger partial charge < -0.3 is 9.47 Å². The molecule has 0 saturated heterocycles. The van der Waals surface area contributed by atoms with Crippen LogP contribution >= 0.6 is 0 Å². The van der Waals surface area contributed by atoms with Crippen molar-refractivity contribution in [2.24, 2.45) is 0 Å². The Hall–Kier alpha value is -6.64. The summed E-state index contributed by atoms with van der Waals surface area (Å²) >= 11 is 0. The predicted octanol–water partition coefficient (Wildman–Crippen LogP) is 13.9. The quantitative estimate of drug-likeness (QED) is 0.170. The number of benzene rings is 8. The standard InChI is InChI=1S/C51H38N2/c1-51(2)47-22-11-9-20-43(47)44-30-26-38(33-48(44)51)36-24-27-40(28-25-36)52(41-19-13-16-37(32-41)35-14-5-3-6-15-35)42-29-31-50-46(34-42)45-21-10-12-23-49(45)53(50)39-17-7-4-8-18-39/h3-34H,1-2H3. The minimum absolute atomic E-state index is 0.0370. The van der Waals surface area contributed by atoms with E-state index in [1.807, 2.05) is 0 Å². The van der Waals surface area contributed by atoms with Crippen molar-refractivity contribution < 1.29 is 0 Å². The van der Waals surface area contributed by atoms with Gasteiger partial charge in [0.1, 0.15) is 0 Å². The summed E-state index contributed by atoms with van der Waals surface area (Å²) in [5, 5.41) is 2.47. The van der Waals surface area contributed by atoms with Crippen LogP contribution in [0.1, 0.15) is 25.0 Å². The van der Waals surface area contributed by atoms with Crippen LogP contribution in [0.3, 0.4) is 0 Å². The van der Waals surface area contributed by atoms with Crippen LogP contribution in [-0.4, -0.2) is 4.57 Å². The van der Waals surface area contributed by atoms with Gasteiger partial charge in [-0.25, -0.2) is 0 Å². The lowest BCUT2D eigenvalue weighted by Gasteiger charge is -2.26. The molecule has 0 spiro atoms. The molecule has 252 valence electrons. The molecule has 1 heterocycles. The van der Waals surface area contributed by atoms with E-state index >= 15 is 0 Å². The highest BCUT2D eigenvalue weighted by atomic mass is 15.1. The van der Waals surface area contributed by atoms with E-state index in [0.29, 0.717) is 0 Å². The molecule has 0 N–H and O–H groups in total. The van der Waals surface area contributed by atoms with Gasteiger partial charge in [0.25, 0.3) is 0 Å². The molecule has 10 rings (SSSR count). The van der Waals surface area contributed by atoms with Crippen molar-refractivity contribution in [3.05, 3.63) is 205 Å². The first-order chi connectivity index (χ1) is 26.0. The predicted molar refractivity (Wildman–Crippen MR) is 224 cm³/mol. The number of fused-ring (bicyclic) bond motifs is 6. The molecular formula is C51H38N2. The molecule has 0 unspecified atom stereocenters. The Balaban J connectivity index is 1.11. The largest absolute Gasteiger partial charge is 0.310 e. The van der Waals surface area contributed by atoms with E-state index in [9.17, 15) is 0 Å². The summed E-state index contributed by atoms with van der Waals surface area (Å²) in [4.78, 5) is 2.40. The maximum absolute atomic E-state index is 2.40. The molecule has 0 aliphatic heterocycles. The molecular weight excluding hydrogens is 641 g/mol. The van der Waals surface area contributed by atoms with E-state index in [1.54, 1.807) is 0 Å². The van der Waals surface area contributed by atoms with E-state index in [2.05, 4.69) is 217 Å². The van der Waals surface area contributed by atoms with E-state index in [1.165, 1.54) is 66.3 Å². The summed E-state index contributed by atoms with van der Waals surface area (Å²) in [6.07, 6.45) is 0. The van der Waals surface area contributed by atoms with E-state index in [4.69, 9.17) is 0 Å². The van der Waals surface area contributed by atoms with Crippen LogP contribution in [0, 0.1) is 0 Å². The van der Waals surface area contributed by atoms with E-state index < -0.39 is 0 Å². The average molecular weight is 679 g/mol. The van der Waals surface area contributed by atoms with Gasteiger partial charge in [0.2, 0.25) is 0 Å². The monoisotopic (exact) mass is 678 g/mol. The van der Waals surface area contributed by atoms with Gasteiger partial charge in [0.05, 0.1) is 11.0 Å². The summed E-state index contributed by atoms with van der Waals surface area (Å²) in [6, 6.07) is 70.8. The second-order valence-electron chi connectivity index (χ2n) is 14.6. The molecule has 0 radical (unpaired) electrons. The highest BCUT2D eigenvalue weighted by Crippen LogP contribution is 2.50. The molecule has 0 amide bonds. The van der Waals surface area contributed by atoms with Crippen LogP contribution in [0.25, 0.3) is 60.9 Å². The van der Waals surface area contributed by atoms with Gasteiger partial charge >= 0.3 is 0 Å². The maximum Gasteiger partial charge on any atom is 0.0542 e. The molecule has 0 saturated carbocycles. The summed E-state index contributed by atoms with van der Waals surface area (Å²) < 4.78 is 2.38. The molecule has 1 aromatic heterocycles. The highest BCUT2D eigenvalue weighted by molar-refractivity contribution is 6.10. The zero-order valence-electron chi connectivity index (χ0n) is 29.9. The SMILES string of the molecule is CC1(C)c2ccccc2-c2ccc(-c3ccc(N(c4cccc(-c5ccccc5)c4)c4ccc5c(c4)c4ccccc4n5-c4ccccc4)cc3)cc21. The topological polar surface area (TPSA) is 8.17 Å². The Morgan fingerprint density at radius 1 is 0.377 bits per heavy atom. The second kappa shape index (κ2) is 12.3. The van der Waals surface area contributed by atoms with Gasteiger partial charge in [0, 0.05) is 38.9 Å². The molecule has 9 aromatic rings. The molecule has 8 aromatic carbocycles. The molecule has 2 nitrogen and oxygen atoms in total. The lowest BCUT2D eigenvalue weighted by Crippen LogP contribution is -2.14. The number of nitrogens with zero attached hydrogens (tertiary/aromatic N) is 2. The molecule has 0 bridgehead atoms. The van der Waals surface area contributed by atoms with Crippen LogP contribution in [0.5, 0.6) is 0 Å². The molecule has 1 aliphatic carbocycles. The number of aromatic nitrogens is 1. The van der Waals surface area contributed by atoms with Gasteiger partial charge in [-0.15, -0.1) is 0 Å². The third-order valence-electron chi connectivity index (χ3n) is 11.2. The molecule has 1 aliphatic rings. The Morgan fingerprint density at radius 3 is 1.79 bits per heavy atom. The van der Waals surface area contributed by atoms with Crippen molar-refractivity contribution in [1.29, 1.82) is 0 Å². The van der Waals surface area contributed by atoms with Crippen LogP contribution in [-0.2, 0) is 5.41 Å². The first-order valence-corrected chi connectivity index (χ1v) is 18.4. The lowest BCUT2D eigenvalue weighted by molar-refractivity contribution is 0.660. The fourth-order valence-electron chi connectivity index (χ4n) is 8.54. The van der Waals surface area contributed by atoms with Gasteiger partial charge in [-0.3, -0.25) is 0 Å². The summed E-state index contributed by atoms with van der Waals surface area (Å²) in [5.74, 6) is 0. The minimum atomic E-state index is -0.0370. The first-order valence-electron chi connectivity index (χ1n) is 18.4. The van der Waals surface area contributed by atoms with Crippen LogP contribution in [0.4, 0.5) is 17.1 Å². The molecule has 0 atom stereocenters. The smallest absolute Gasteiger partial charge is 0.0542 e. The third kappa shape index (κ3) is 5.10. The Bertz CT molecular complexity index is 2790. The maximum atomic E-state index is 2.40. The third-order valence-corrected chi connectivity index (χ3v) is 11.2. The zero-order valence-corrected chi connectivity index (χ0v) is 29.9. The zero-order chi connectivity index (χ0) is 35.5. The number of para-hydroxylation sites is 2. The van der Waals surface area contributed by atoms with Crippen LogP contribution in [0.2, 0.25) is 0 Å². The second-order valence-corrected chi connectivity index (χ2v) is 14.6. The van der Waals surface area contributed by atoms with Crippen LogP contribution < -0.4 is 4.90 Å². The fraction of sp³-hybridized carbons (Fsp3) is 0.0588. The summed E-state index contributed by atoms with van der Waals surface area (Å²) in [7, 11) is 0. The number of anilines is 3. The average Bonchev–Trinajstić information content (AvgIpc) is 3.67. The molecule has 0 fully saturated rings.